The molecule has 2 aliphatic rings. The monoisotopic (exact) mass is 342 g/mol. The molecule has 4 heterocycles. The lowest BCUT2D eigenvalue weighted by molar-refractivity contribution is -0.000161. The molecule has 2 saturated heterocycles. The normalized spacial score (nSPS) is 25.8. The minimum absolute atomic E-state index is 0.0123. The second-order valence-corrected chi connectivity index (χ2v) is 6.77. The SMILES string of the molecule is Cn1nccc1C(=O)N1CC[C@]2(C[C@H](OCc3ccccn3)CO2)C1. The summed E-state index contributed by atoms with van der Waals surface area (Å²) in [4.78, 5) is 18.8. The maximum atomic E-state index is 12.6. The van der Waals surface area contributed by atoms with Crippen LogP contribution in [0.2, 0.25) is 0 Å². The average Bonchev–Trinajstić information content (AvgIpc) is 3.35. The molecule has 0 aliphatic carbocycles. The molecule has 25 heavy (non-hydrogen) atoms. The summed E-state index contributed by atoms with van der Waals surface area (Å²) in [7, 11) is 1.78. The standard InChI is InChI=1S/C18H22N4O3/c1-21-16(5-8-20-21)17(23)22-9-6-18(13-22)10-15(12-25-18)24-11-14-4-2-3-7-19-14/h2-5,7-8,15H,6,9-13H2,1H3/t15-,18-/m0/s1. The van der Waals surface area contributed by atoms with Crippen molar-refractivity contribution in [2.45, 2.75) is 31.2 Å². The number of hydrogen-bond acceptors (Lipinski definition) is 5. The van der Waals surface area contributed by atoms with Crippen LogP contribution < -0.4 is 0 Å². The number of rotatable bonds is 4. The lowest BCUT2D eigenvalue weighted by Crippen LogP contribution is -2.36. The summed E-state index contributed by atoms with van der Waals surface area (Å²) in [5.41, 5.74) is 1.25. The molecule has 0 radical (unpaired) electrons. The lowest BCUT2D eigenvalue weighted by atomic mass is 9.98. The molecular weight excluding hydrogens is 320 g/mol. The number of hydrogen-bond donors (Lipinski definition) is 0. The van der Waals surface area contributed by atoms with Gasteiger partial charge in [-0.15, -0.1) is 0 Å². The van der Waals surface area contributed by atoms with E-state index in [0.717, 1.165) is 18.5 Å². The molecule has 2 aromatic rings. The maximum Gasteiger partial charge on any atom is 0.272 e. The summed E-state index contributed by atoms with van der Waals surface area (Å²) < 4.78 is 13.6. The Hall–Kier alpha value is -2.25. The first-order valence-corrected chi connectivity index (χ1v) is 8.58. The Morgan fingerprint density at radius 3 is 3.08 bits per heavy atom. The lowest BCUT2D eigenvalue weighted by Gasteiger charge is -2.23. The molecule has 0 aromatic carbocycles. The number of amides is 1. The van der Waals surface area contributed by atoms with Gasteiger partial charge in [-0.25, -0.2) is 0 Å². The zero-order valence-electron chi connectivity index (χ0n) is 14.3. The van der Waals surface area contributed by atoms with E-state index in [2.05, 4.69) is 10.1 Å². The summed E-state index contributed by atoms with van der Waals surface area (Å²) in [6, 6.07) is 7.55. The van der Waals surface area contributed by atoms with Gasteiger partial charge in [0.05, 0.1) is 37.2 Å². The van der Waals surface area contributed by atoms with Gasteiger partial charge in [-0.05, 0) is 24.6 Å². The summed E-state index contributed by atoms with van der Waals surface area (Å²) in [5.74, 6) is 0.0123. The topological polar surface area (TPSA) is 69.5 Å². The fraction of sp³-hybridized carbons (Fsp3) is 0.500. The van der Waals surface area contributed by atoms with Gasteiger partial charge in [0.1, 0.15) is 5.69 Å². The van der Waals surface area contributed by atoms with Crippen LogP contribution in [-0.2, 0) is 23.1 Å². The molecule has 0 N–H and O–H groups in total. The third kappa shape index (κ3) is 3.29. The molecule has 2 aliphatic heterocycles. The quantitative estimate of drug-likeness (QED) is 0.840. The molecule has 2 aromatic heterocycles. The Kier molecular flexibility index (Phi) is 4.27. The molecule has 132 valence electrons. The van der Waals surface area contributed by atoms with Crippen LogP contribution in [0.5, 0.6) is 0 Å². The number of aryl methyl sites for hydroxylation is 1. The number of ether oxygens (including phenoxy) is 2. The Morgan fingerprint density at radius 1 is 1.40 bits per heavy atom. The molecule has 0 bridgehead atoms. The van der Waals surface area contributed by atoms with Gasteiger partial charge in [-0.2, -0.15) is 5.10 Å². The maximum absolute atomic E-state index is 12.6. The van der Waals surface area contributed by atoms with E-state index in [4.69, 9.17) is 9.47 Å². The van der Waals surface area contributed by atoms with Gasteiger partial charge in [0.15, 0.2) is 0 Å². The van der Waals surface area contributed by atoms with Crippen molar-refractivity contribution in [2.75, 3.05) is 19.7 Å². The molecule has 0 unspecified atom stereocenters. The highest BCUT2D eigenvalue weighted by molar-refractivity contribution is 5.92. The van der Waals surface area contributed by atoms with Gasteiger partial charge in [0.2, 0.25) is 0 Å². The summed E-state index contributed by atoms with van der Waals surface area (Å²) >= 11 is 0. The zero-order chi connectivity index (χ0) is 17.3. The number of carbonyl (C=O) groups is 1. The fourth-order valence-electron chi connectivity index (χ4n) is 3.64. The van der Waals surface area contributed by atoms with Gasteiger partial charge in [0.25, 0.3) is 5.91 Å². The second-order valence-electron chi connectivity index (χ2n) is 6.77. The highest BCUT2D eigenvalue weighted by atomic mass is 16.6. The van der Waals surface area contributed by atoms with E-state index >= 15 is 0 Å². The molecule has 7 nitrogen and oxygen atoms in total. The average molecular weight is 342 g/mol. The van der Waals surface area contributed by atoms with Crippen molar-refractivity contribution in [1.29, 1.82) is 0 Å². The van der Waals surface area contributed by atoms with Crippen molar-refractivity contribution < 1.29 is 14.3 Å². The van der Waals surface area contributed by atoms with E-state index in [9.17, 15) is 4.79 Å². The van der Waals surface area contributed by atoms with Crippen LogP contribution in [0.4, 0.5) is 0 Å². The number of aromatic nitrogens is 3. The number of likely N-dealkylation sites (tertiary alicyclic amines) is 1. The predicted octanol–water partition coefficient (Wildman–Crippen LogP) is 1.41. The first-order chi connectivity index (χ1) is 12.2. The number of pyridine rings is 1. The van der Waals surface area contributed by atoms with Gasteiger partial charge >= 0.3 is 0 Å². The smallest absolute Gasteiger partial charge is 0.272 e. The van der Waals surface area contributed by atoms with Crippen molar-refractivity contribution >= 4 is 5.91 Å². The Labute approximate surface area is 146 Å². The van der Waals surface area contributed by atoms with Crippen molar-refractivity contribution in [1.82, 2.24) is 19.7 Å². The largest absolute Gasteiger partial charge is 0.370 e. The van der Waals surface area contributed by atoms with E-state index in [1.165, 1.54) is 0 Å². The highest BCUT2D eigenvalue weighted by Gasteiger charge is 2.47. The first-order valence-electron chi connectivity index (χ1n) is 8.58. The number of carbonyl (C=O) groups excluding carboxylic acids is 1. The first kappa shape index (κ1) is 16.2. The second kappa shape index (κ2) is 6.57. The predicted molar refractivity (Wildman–Crippen MR) is 89.8 cm³/mol. The van der Waals surface area contributed by atoms with E-state index in [1.54, 1.807) is 30.2 Å². The van der Waals surface area contributed by atoms with E-state index in [0.29, 0.717) is 32.0 Å². The fourth-order valence-corrected chi connectivity index (χ4v) is 3.64. The summed E-state index contributed by atoms with van der Waals surface area (Å²) in [5, 5.41) is 4.08. The summed E-state index contributed by atoms with van der Waals surface area (Å²) in [6.45, 7) is 2.38. The Bertz CT molecular complexity index is 748. The molecule has 4 rings (SSSR count). The molecule has 7 heteroatoms. The van der Waals surface area contributed by atoms with E-state index in [1.807, 2.05) is 23.1 Å². The summed E-state index contributed by atoms with van der Waals surface area (Å²) in [6.07, 6.45) is 5.13. The highest BCUT2D eigenvalue weighted by Crippen LogP contribution is 2.36. The molecule has 2 atom stereocenters. The van der Waals surface area contributed by atoms with Crippen LogP contribution in [0.1, 0.15) is 29.0 Å². The molecular formula is C18H22N4O3. The van der Waals surface area contributed by atoms with Gasteiger partial charge < -0.3 is 14.4 Å². The third-order valence-electron chi connectivity index (χ3n) is 5.01. The Morgan fingerprint density at radius 2 is 2.32 bits per heavy atom. The molecule has 0 saturated carbocycles. The van der Waals surface area contributed by atoms with Crippen LogP contribution in [0, 0.1) is 0 Å². The van der Waals surface area contributed by atoms with Crippen molar-refractivity contribution in [3.8, 4) is 0 Å². The number of nitrogens with zero attached hydrogens (tertiary/aromatic N) is 4. The minimum atomic E-state index is -0.275. The third-order valence-corrected chi connectivity index (χ3v) is 5.01. The molecule has 1 spiro atoms. The minimum Gasteiger partial charge on any atom is -0.370 e. The van der Waals surface area contributed by atoms with E-state index in [-0.39, 0.29) is 17.6 Å². The molecule has 2 fully saturated rings. The molecule has 1 amide bonds. The van der Waals surface area contributed by atoms with Crippen LogP contribution >= 0.6 is 0 Å². The zero-order valence-corrected chi connectivity index (χ0v) is 14.3. The van der Waals surface area contributed by atoms with Crippen molar-refractivity contribution in [3.05, 3.63) is 48.0 Å². The van der Waals surface area contributed by atoms with Crippen molar-refractivity contribution in [2.24, 2.45) is 7.05 Å². The van der Waals surface area contributed by atoms with Gasteiger partial charge in [-0.3, -0.25) is 14.5 Å². The van der Waals surface area contributed by atoms with Crippen molar-refractivity contribution in [3.63, 3.8) is 0 Å². The van der Waals surface area contributed by atoms with Crippen LogP contribution in [0.25, 0.3) is 0 Å². The van der Waals surface area contributed by atoms with E-state index < -0.39 is 0 Å². The van der Waals surface area contributed by atoms with Crippen LogP contribution in [0.15, 0.2) is 36.7 Å². The van der Waals surface area contributed by atoms with Crippen LogP contribution in [0.3, 0.4) is 0 Å². The van der Waals surface area contributed by atoms with Gasteiger partial charge in [-0.1, -0.05) is 6.07 Å². The van der Waals surface area contributed by atoms with Gasteiger partial charge in [0, 0.05) is 32.4 Å². The van der Waals surface area contributed by atoms with Crippen LogP contribution in [-0.4, -0.2) is 57.0 Å². The Balaban J connectivity index is 1.33.